The molecule has 5 nitrogen and oxygen atoms in total. The van der Waals surface area contributed by atoms with E-state index >= 15 is 0 Å². The van der Waals surface area contributed by atoms with Crippen LogP contribution in [-0.2, 0) is 5.75 Å². The van der Waals surface area contributed by atoms with E-state index in [9.17, 15) is 5.11 Å². The van der Waals surface area contributed by atoms with Crippen LogP contribution in [-0.4, -0.2) is 59.6 Å². The van der Waals surface area contributed by atoms with E-state index in [2.05, 4.69) is 39.5 Å². The molecule has 132 valence electrons. The lowest BCUT2D eigenvalue weighted by Crippen LogP contribution is -2.41. The fourth-order valence-electron chi connectivity index (χ4n) is 3.29. The molecule has 0 bridgehead atoms. The van der Waals surface area contributed by atoms with Crippen molar-refractivity contribution in [3.8, 4) is 0 Å². The number of nitrogens with two attached hydrogens (primary N) is 1. The summed E-state index contributed by atoms with van der Waals surface area (Å²) in [6, 6.07) is 8.53. The fraction of sp³-hybridized carbons (Fsp3) is 0.556. The van der Waals surface area contributed by atoms with Gasteiger partial charge in [0.15, 0.2) is 0 Å². The average molecular weight is 349 g/mol. The third-order valence-corrected chi connectivity index (χ3v) is 6.03. The van der Waals surface area contributed by atoms with E-state index in [1.165, 1.54) is 16.6 Å². The number of para-hydroxylation sites is 1. The van der Waals surface area contributed by atoms with E-state index in [0.29, 0.717) is 11.8 Å². The Hall–Kier alpha value is -1.21. The quantitative estimate of drug-likeness (QED) is 0.617. The van der Waals surface area contributed by atoms with Crippen molar-refractivity contribution < 1.29 is 5.11 Å². The SMILES string of the molecule is CNc1cccc2cc(CSC(CN)CN3CCC(O)CC3)[nH]c12. The molecule has 1 aliphatic rings. The fourth-order valence-corrected chi connectivity index (χ4v) is 4.32. The van der Waals surface area contributed by atoms with E-state index in [4.69, 9.17) is 5.73 Å². The highest BCUT2D eigenvalue weighted by Crippen LogP contribution is 2.26. The molecular formula is C18H28N4OS. The van der Waals surface area contributed by atoms with E-state index < -0.39 is 0 Å². The van der Waals surface area contributed by atoms with Crippen LogP contribution in [0.4, 0.5) is 5.69 Å². The third kappa shape index (κ3) is 4.25. The Morgan fingerprint density at radius 1 is 1.42 bits per heavy atom. The number of aromatic amines is 1. The van der Waals surface area contributed by atoms with Gasteiger partial charge < -0.3 is 26.0 Å². The van der Waals surface area contributed by atoms with Crippen LogP contribution in [0, 0.1) is 0 Å². The number of H-pyrrole nitrogens is 1. The summed E-state index contributed by atoms with van der Waals surface area (Å²) in [7, 11) is 1.95. The molecule has 24 heavy (non-hydrogen) atoms. The minimum absolute atomic E-state index is 0.113. The molecule has 2 aromatic rings. The first-order chi connectivity index (χ1) is 11.7. The number of aliphatic hydroxyl groups is 1. The number of fused-ring (bicyclic) bond motifs is 1. The van der Waals surface area contributed by atoms with Crippen molar-refractivity contribution >= 4 is 28.4 Å². The van der Waals surface area contributed by atoms with Gasteiger partial charge >= 0.3 is 0 Å². The molecule has 1 saturated heterocycles. The van der Waals surface area contributed by atoms with Crippen molar-refractivity contribution in [1.29, 1.82) is 0 Å². The second-order valence-corrected chi connectivity index (χ2v) is 7.80. The highest BCUT2D eigenvalue weighted by Gasteiger charge is 2.20. The summed E-state index contributed by atoms with van der Waals surface area (Å²) in [5, 5.41) is 14.5. The van der Waals surface area contributed by atoms with E-state index in [1.54, 1.807) is 0 Å². The van der Waals surface area contributed by atoms with Gasteiger partial charge in [-0.1, -0.05) is 12.1 Å². The van der Waals surface area contributed by atoms with Crippen LogP contribution in [0.25, 0.3) is 10.9 Å². The number of piperidine rings is 1. The van der Waals surface area contributed by atoms with Gasteiger partial charge in [-0.2, -0.15) is 0 Å². The number of hydrogen-bond donors (Lipinski definition) is 4. The first-order valence-corrected chi connectivity index (χ1v) is 9.75. The van der Waals surface area contributed by atoms with Gasteiger partial charge in [0.25, 0.3) is 0 Å². The second kappa shape index (κ2) is 8.25. The molecule has 1 fully saturated rings. The zero-order chi connectivity index (χ0) is 16.9. The normalized spacial score (nSPS) is 18.1. The van der Waals surface area contributed by atoms with Gasteiger partial charge in [-0.15, -0.1) is 11.8 Å². The summed E-state index contributed by atoms with van der Waals surface area (Å²) in [5.74, 6) is 0.941. The van der Waals surface area contributed by atoms with Crippen LogP contribution in [0.15, 0.2) is 24.3 Å². The zero-order valence-corrected chi connectivity index (χ0v) is 15.1. The van der Waals surface area contributed by atoms with Crippen molar-refractivity contribution in [2.45, 2.75) is 29.9 Å². The molecule has 2 heterocycles. The Bertz CT molecular complexity index is 652. The molecule has 0 aliphatic carbocycles. The van der Waals surface area contributed by atoms with Gasteiger partial charge in [-0.25, -0.2) is 0 Å². The van der Waals surface area contributed by atoms with Crippen molar-refractivity contribution in [1.82, 2.24) is 9.88 Å². The molecule has 6 heteroatoms. The van der Waals surface area contributed by atoms with Gasteiger partial charge in [-0.3, -0.25) is 0 Å². The zero-order valence-electron chi connectivity index (χ0n) is 14.3. The number of thioether (sulfide) groups is 1. The summed E-state index contributed by atoms with van der Waals surface area (Å²) in [4.78, 5) is 5.97. The Morgan fingerprint density at radius 3 is 2.92 bits per heavy atom. The van der Waals surface area contributed by atoms with Gasteiger partial charge in [0.1, 0.15) is 0 Å². The molecule has 0 radical (unpaired) electrons. The smallest absolute Gasteiger partial charge is 0.0691 e. The van der Waals surface area contributed by atoms with Crippen molar-refractivity contribution in [2.75, 3.05) is 38.5 Å². The van der Waals surface area contributed by atoms with Gasteiger partial charge in [0.05, 0.1) is 17.3 Å². The third-order valence-electron chi connectivity index (χ3n) is 4.74. The molecule has 1 aromatic carbocycles. The summed E-state index contributed by atoms with van der Waals surface area (Å²) >= 11 is 1.92. The number of anilines is 1. The average Bonchev–Trinajstić information content (AvgIpc) is 3.03. The predicted molar refractivity (Wildman–Crippen MR) is 104 cm³/mol. The van der Waals surface area contributed by atoms with Crippen molar-refractivity contribution in [3.05, 3.63) is 30.0 Å². The van der Waals surface area contributed by atoms with E-state index in [1.807, 2.05) is 18.8 Å². The Morgan fingerprint density at radius 2 is 2.21 bits per heavy atom. The molecule has 1 atom stereocenters. The number of rotatable bonds is 7. The van der Waals surface area contributed by atoms with E-state index in [0.717, 1.165) is 43.9 Å². The number of aromatic nitrogens is 1. The topological polar surface area (TPSA) is 77.3 Å². The molecule has 0 amide bonds. The lowest BCUT2D eigenvalue weighted by Gasteiger charge is -2.31. The highest BCUT2D eigenvalue weighted by atomic mass is 32.2. The Balaban J connectivity index is 1.57. The van der Waals surface area contributed by atoms with Crippen LogP contribution in [0.2, 0.25) is 0 Å². The lowest BCUT2D eigenvalue weighted by atomic mass is 10.1. The monoisotopic (exact) mass is 348 g/mol. The number of likely N-dealkylation sites (tertiary alicyclic amines) is 1. The number of nitrogens with zero attached hydrogens (tertiary/aromatic N) is 1. The first kappa shape index (κ1) is 17.6. The van der Waals surface area contributed by atoms with Crippen LogP contribution >= 0.6 is 11.8 Å². The number of hydrogen-bond acceptors (Lipinski definition) is 5. The molecule has 0 saturated carbocycles. The second-order valence-electron chi connectivity index (χ2n) is 6.51. The highest BCUT2D eigenvalue weighted by molar-refractivity contribution is 7.99. The Kier molecular flexibility index (Phi) is 6.05. The molecule has 0 spiro atoms. The summed E-state index contributed by atoms with van der Waals surface area (Å²) < 4.78 is 0. The van der Waals surface area contributed by atoms with Crippen LogP contribution < -0.4 is 11.1 Å². The number of aliphatic hydroxyl groups excluding tert-OH is 1. The lowest BCUT2D eigenvalue weighted by molar-refractivity contribution is 0.0831. The first-order valence-electron chi connectivity index (χ1n) is 8.70. The van der Waals surface area contributed by atoms with E-state index in [-0.39, 0.29) is 6.10 Å². The molecule has 1 aromatic heterocycles. The largest absolute Gasteiger partial charge is 0.393 e. The minimum Gasteiger partial charge on any atom is -0.393 e. The summed E-state index contributed by atoms with van der Waals surface area (Å²) in [6.07, 6.45) is 1.66. The molecule has 5 N–H and O–H groups in total. The molecule has 3 rings (SSSR count). The van der Waals surface area contributed by atoms with Gasteiger partial charge in [0, 0.05) is 55.3 Å². The summed E-state index contributed by atoms with van der Waals surface area (Å²) in [6.45, 7) is 3.66. The maximum Gasteiger partial charge on any atom is 0.0691 e. The molecular weight excluding hydrogens is 320 g/mol. The number of benzene rings is 1. The molecule has 1 unspecified atom stereocenters. The number of nitrogens with one attached hydrogen (secondary N) is 2. The van der Waals surface area contributed by atoms with Crippen LogP contribution in [0.1, 0.15) is 18.5 Å². The maximum atomic E-state index is 9.62. The minimum atomic E-state index is -0.113. The maximum absolute atomic E-state index is 9.62. The van der Waals surface area contributed by atoms with Crippen molar-refractivity contribution in [3.63, 3.8) is 0 Å². The standard InChI is InChI=1S/C18H28N4OS/c1-20-17-4-2-3-13-9-14(21-18(13)17)12-24-16(10-19)11-22-7-5-15(23)6-8-22/h2-4,9,15-16,20-21,23H,5-8,10-12,19H2,1H3. The van der Waals surface area contributed by atoms with Gasteiger partial charge in [-0.05, 0) is 25.0 Å². The van der Waals surface area contributed by atoms with Crippen LogP contribution in [0.3, 0.4) is 0 Å². The van der Waals surface area contributed by atoms with Crippen molar-refractivity contribution in [2.24, 2.45) is 5.73 Å². The predicted octanol–water partition coefficient (Wildman–Crippen LogP) is 2.23. The Labute approximate surface area is 148 Å². The van der Waals surface area contributed by atoms with Gasteiger partial charge in [0.2, 0.25) is 0 Å². The summed E-state index contributed by atoms with van der Waals surface area (Å²) in [5.41, 5.74) is 9.53. The van der Waals surface area contributed by atoms with Crippen LogP contribution in [0.5, 0.6) is 0 Å². The molecule has 1 aliphatic heterocycles.